The Bertz CT molecular complexity index is 889. The average Bonchev–Trinajstić information content (AvgIpc) is 2.61. The zero-order valence-corrected chi connectivity index (χ0v) is 14.6. The van der Waals surface area contributed by atoms with Crippen molar-refractivity contribution >= 4 is 16.8 Å². The Kier molecular flexibility index (Phi) is 7.17. The smallest absolute Gasteiger partial charge is 0.348 e. The van der Waals surface area contributed by atoms with E-state index in [9.17, 15) is 27.6 Å². The maximum Gasteiger partial charge on any atom is 0.471 e. The number of nitrogens with one attached hydrogen (secondary N) is 3. The van der Waals surface area contributed by atoms with Crippen LogP contribution >= 0.6 is 0 Å². The van der Waals surface area contributed by atoms with Gasteiger partial charge in [-0.1, -0.05) is 12.1 Å². The van der Waals surface area contributed by atoms with Gasteiger partial charge >= 0.3 is 17.8 Å². The number of benzene rings is 1. The first-order valence-electron chi connectivity index (χ1n) is 8.58. The Hall–Kier alpha value is -2.62. The maximum atomic E-state index is 12.3. The molecule has 1 aromatic carbocycles. The van der Waals surface area contributed by atoms with Crippen molar-refractivity contribution in [2.75, 3.05) is 19.6 Å². The van der Waals surface area contributed by atoms with Crippen molar-refractivity contribution in [2.24, 2.45) is 0 Å². The second kappa shape index (κ2) is 9.36. The molecule has 3 N–H and O–H groups in total. The fourth-order valence-electron chi connectivity index (χ4n) is 2.57. The number of alkyl halides is 3. The molecule has 27 heavy (non-hydrogen) atoms. The zero-order valence-electron chi connectivity index (χ0n) is 14.6. The van der Waals surface area contributed by atoms with Crippen molar-refractivity contribution in [3.8, 4) is 0 Å². The predicted octanol–water partition coefficient (Wildman–Crippen LogP) is 1.13. The van der Waals surface area contributed by atoms with Gasteiger partial charge in [-0.15, -0.1) is 0 Å². The lowest BCUT2D eigenvalue weighted by molar-refractivity contribution is -0.173. The first-order chi connectivity index (χ1) is 12.8. The molecule has 0 aliphatic heterocycles. The third kappa shape index (κ3) is 5.95. The van der Waals surface area contributed by atoms with Crippen LogP contribution in [-0.2, 0) is 11.3 Å². The number of nitrogens with zero attached hydrogens (tertiary/aromatic N) is 1. The molecule has 7 nitrogen and oxygen atoms in total. The minimum Gasteiger partial charge on any atom is -0.348 e. The summed E-state index contributed by atoms with van der Waals surface area (Å²) in [4.78, 5) is 37.6. The fraction of sp³-hybridized carbons (Fsp3) is 0.471. The molecule has 0 fully saturated rings. The predicted molar refractivity (Wildman–Crippen MR) is 94.6 cm³/mol. The molecular formula is C17H21F3N4O3. The molecule has 0 aliphatic rings. The summed E-state index contributed by atoms with van der Waals surface area (Å²) in [6.07, 6.45) is -3.30. The number of unbranched alkanes of at least 4 members (excludes halogenated alkanes) is 1. The van der Waals surface area contributed by atoms with E-state index in [4.69, 9.17) is 0 Å². The average molecular weight is 386 g/mol. The van der Waals surface area contributed by atoms with Gasteiger partial charge in [-0.05, 0) is 44.5 Å². The van der Waals surface area contributed by atoms with Crippen molar-refractivity contribution in [2.45, 2.75) is 32.0 Å². The van der Waals surface area contributed by atoms with E-state index in [2.05, 4.69) is 10.3 Å². The minimum atomic E-state index is -4.85. The SMILES string of the molecule is O=C(NCCCCNCCCn1c(=O)[nH]c2ccccc2c1=O)C(F)(F)F. The highest BCUT2D eigenvalue weighted by molar-refractivity contribution is 5.81. The third-order valence-corrected chi connectivity index (χ3v) is 3.95. The minimum absolute atomic E-state index is 0.0398. The largest absolute Gasteiger partial charge is 0.471 e. The van der Waals surface area contributed by atoms with E-state index in [0.717, 1.165) is 4.57 Å². The van der Waals surface area contributed by atoms with Gasteiger partial charge in [0.25, 0.3) is 5.56 Å². The van der Waals surface area contributed by atoms with Crippen LogP contribution in [0.5, 0.6) is 0 Å². The Labute approximate surface area is 152 Å². The van der Waals surface area contributed by atoms with E-state index >= 15 is 0 Å². The molecule has 2 aromatic rings. The summed E-state index contributed by atoms with van der Waals surface area (Å²) in [6.45, 7) is 1.33. The number of rotatable bonds is 9. The van der Waals surface area contributed by atoms with Crippen molar-refractivity contribution in [3.63, 3.8) is 0 Å². The highest BCUT2D eigenvalue weighted by Crippen LogP contribution is 2.13. The normalized spacial score (nSPS) is 11.7. The number of para-hydroxylation sites is 1. The molecule has 0 atom stereocenters. The maximum absolute atomic E-state index is 12.3. The number of hydrogen-bond donors (Lipinski definition) is 3. The number of aromatic nitrogens is 2. The van der Waals surface area contributed by atoms with Crippen LogP contribution in [0.25, 0.3) is 10.9 Å². The second-order valence-electron chi connectivity index (χ2n) is 6.00. The lowest BCUT2D eigenvalue weighted by atomic mass is 10.2. The number of carbonyl (C=O) groups is 1. The van der Waals surface area contributed by atoms with Crippen LogP contribution in [0.2, 0.25) is 0 Å². The number of amides is 1. The number of halogens is 3. The lowest BCUT2D eigenvalue weighted by Gasteiger charge is -2.09. The van der Waals surface area contributed by atoms with Crippen LogP contribution in [0.3, 0.4) is 0 Å². The van der Waals surface area contributed by atoms with Crippen molar-refractivity contribution in [1.29, 1.82) is 0 Å². The van der Waals surface area contributed by atoms with Gasteiger partial charge < -0.3 is 15.6 Å². The van der Waals surface area contributed by atoms with Gasteiger partial charge in [-0.3, -0.25) is 14.2 Å². The van der Waals surface area contributed by atoms with E-state index in [1.54, 1.807) is 29.6 Å². The molecule has 0 aliphatic carbocycles. The molecule has 1 amide bonds. The molecule has 0 spiro atoms. The van der Waals surface area contributed by atoms with Crippen molar-refractivity contribution in [3.05, 3.63) is 45.1 Å². The molecule has 0 bridgehead atoms. The van der Waals surface area contributed by atoms with Crippen molar-refractivity contribution < 1.29 is 18.0 Å². The van der Waals surface area contributed by atoms with E-state index in [0.29, 0.717) is 43.3 Å². The molecular weight excluding hydrogens is 365 g/mol. The van der Waals surface area contributed by atoms with Gasteiger partial charge in [0.1, 0.15) is 0 Å². The molecule has 1 heterocycles. The van der Waals surface area contributed by atoms with Crippen molar-refractivity contribution in [1.82, 2.24) is 20.2 Å². The van der Waals surface area contributed by atoms with Gasteiger partial charge in [0.2, 0.25) is 0 Å². The Morgan fingerprint density at radius 2 is 1.70 bits per heavy atom. The molecule has 2 rings (SSSR count). The molecule has 10 heteroatoms. The molecule has 0 saturated heterocycles. The summed E-state index contributed by atoms with van der Waals surface area (Å²) < 4.78 is 37.1. The summed E-state index contributed by atoms with van der Waals surface area (Å²) in [7, 11) is 0. The zero-order chi connectivity index (χ0) is 19.9. The highest BCUT2D eigenvalue weighted by atomic mass is 19.4. The summed E-state index contributed by atoms with van der Waals surface area (Å²) in [5.41, 5.74) is -0.298. The van der Waals surface area contributed by atoms with Gasteiger partial charge in [-0.2, -0.15) is 13.2 Å². The van der Waals surface area contributed by atoms with Crippen LogP contribution in [0.4, 0.5) is 13.2 Å². The monoisotopic (exact) mass is 386 g/mol. The summed E-state index contributed by atoms with van der Waals surface area (Å²) in [6, 6.07) is 6.78. The Morgan fingerprint density at radius 3 is 2.44 bits per heavy atom. The van der Waals surface area contributed by atoms with Gasteiger partial charge in [0.05, 0.1) is 10.9 Å². The van der Waals surface area contributed by atoms with E-state index < -0.39 is 17.8 Å². The van der Waals surface area contributed by atoms with Gasteiger partial charge in [-0.25, -0.2) is 4.79 Å². The van der Waals surface area contributed by atoms with E-state index in [-0.39, 0.29) is 18.6 Å². The fourth-order valence-corrected chi connectivity index (χ4v) is 2.57. The van der Waals surface area contributed by atoms with Crippen LogP contribution in [-0.4, -0.2) is 41.3 Å². The molecule has 0 radical (unpaired) electrons. The third-order valence-electron chi connectivity index (χ3n) is 3.95. The highest BCUT2D eigenvalue weighted by Gasteiger charge is 2.38. The van der Waals surface area contributed by atoms with E-state index in [1.807, 2.05) is 0 Å². The number of aromatic amines is 1. The standard InChI is InChI=1S/C17H21F3N4O3/c18-17(19,20)15(26)22-10-4-3-8-21-9-5-11-24-14(25)12-6-1-2-7-13(12)23-16(24)27/h1-2,6-7,21H,3-5,8-11H2,(H,22,26)(H,23,27). The number of fused-ring (bicyclic) bond motifs is 1. The summed E-state index contributed by atoms with van der Waals surface area (Å²) in [5, 5.41) is 5.34. The topological polar surface area (TPSA) is 96.0 Å². The Morgan fingerprint density at radius 1 is 1.04 bits per heavy atom. The number of carbonyl (C=O) groups excluding carboxylic acids is 1. The molecule has 0 unspecified atom stereocenters. The quantitative estimate of drug-likeness (QED) is 0.563. The first kappa shape index (κ1) is 20.7. The lowest BCUT2D eigenvalue weighted by Crippen LogP contribution is -2.37. The summed E-state index contributed by atoms with van der Waals surface area (Å²) in [5.74, 6) is -1.93. The molecule has 0 saturated carbocycles. The van der Waals surface area contributed by atoms with Crippen LogP contribution < -0.4 is 21.9 Å². The van der Waals surface area contributed by atoms with Crippen LogP contribution in [0.1, 0.15) is 19.3 Å². The Balaban J connectivity index is 1.67. The molecule has 1 aromatic heterocycles. The van der Waals surface area contributed by atoms with E-state index in [1.165, 1.54) is 0 Å². The second-order valence-corrected chi connectivity index (χ2v) is 6.00. The van der Waals surface area contributed by atoms with Crippen LogP contribution in [0, 0.1) is 0 Å². The molecule has 148 valence electrons. The van der Waals surface area contributed by atoms with Gasteiger partial charge in [0, 0.05) is 13.1 Å². The summed E-state index contributed by atoms with van der Waals surface area (Å²) >= 11 is 0. The number of H-pyrrole nitrogens is 1. The first-order valence-corrected chi connectivity index (χ1v) is 8.58. The van der Waals surface area contributed by atoms with Gasteiger partial charge in [0.15, 0.2) is 0 Å². The van der Waals surface area contributed by atoms with Crippen LogP contribution in [0.15, 0.2) is 33.9 Å². The number of hydrogen-bond acceptors (Lipinski definition) is 4.